The predicted molar refractivity (Wildman–Crippen MR) is 42.8 cm³/mol. The van der Waals surface area contributed by atoms with Gasteiger partial charge in [0.2, 0.25) is 5.91 Å². The van der Waals surface area contributed by atoms with Crippen LogP contribution in [0.25, 0.3) is 0 Å². The van der Waals surface area contributed by atoms with Gasteiger partial charge in [0.05, 0.1) is 6.04 Å². The van der Waals surface area contributed by atoms with Gasteiger partial charge in [-0.15, -0.1) is 0 Å². The van der Waals surface area contributed by atoms with Gasteiger partial charge < -0.3 is 16.4 Å². The lowest BCUT2D eigenvalue weighted by Crippen LogP contribution is -2.43. The highest BCUT2D eigenvalue weighted by atomic mass is 16.1. The SMILES string of the molecule is NC(=O)C(N)CCN1CCC1. The molecule has 4 N–H and O–H groups in total. The van der Waals surface area contributed by atoms with Crippen molar-refractivity contribution in [2.24, 2.45) is 11.5 Å². The van der Waals surface area contributed by atoms with Crippen LogP contribution in [0.15, 0.2) is 0 Å². The van der Waals surface area contributed by atoms with E-state index in [1.165, 1.54) is 6.42 Å². The predicted octanol–water partition coefficient (Wildman–Crippen LogP) is -1.11. The van der Waals surface area contributed by atoms with E-state index in [1.807, 2.05) is 0 Å². The summed E-state index contributed by atoms with van der Waals surface area (Å²) in [6.45, 7) is 3.20. The molecule has 1 rings (SSSR count). The summed E-state index contributed by atoms with van der Waals surface area (Å²) in [4.78, 5) is 12.8. The molecule has 0 aromatic heterocycles. The van der Waals surface area contributed by atoms with Crippen LogP contribution >= 0.6 is 0 Å². The van der Waals surface area contributed by atoms with Crippen molar-refractivity contribution in [3.8, 4) is 0 Å². The van der Waals surface area contributed by atoms with E-state index in [4.69, 9.17) is 11.5 Å². The molecule has 1 atom stereocenters. The first-order valence-corrected chi connectivity index (χ1v) is 3.97. The highest BCUT2D eigenvalue weighted by Crippen LogP contribution is 2.06. The van der Waals surface area contributed by atoms with Gasteiger partial charge in [0.15, 0.2) is 0 Å². The summed E-state index contributed by atoms with van der Waals surface area (Å²) in [6.07, 6.45) is 1.96. The lowest BCUT2D eigenvalue weighted by molar-refractivity contribution is -0.119. The number of nitrogens with two attached hydrogens (primary N) is 2. The molecule has 1 aliphatic heterocycles. The van der Waals surface area contributed by atoms with Crippen LogP contribution in [-0.4, -0.2) is 36.5 Å². The number of likely N-dealkylation sites (tertiary alicyclic amines) is 1. The molecule has 1 amide bonds. The molecule has 0 spiro atoms. The third-order valence-electron chi connectivity index (χ3n) is 2.07. The van der Waals surface area contributed by atoms with Gasteiger partial charge in [0.25, 0.3) is 0 Å². The van der Waals surface area contributed by atoms with Gasteiger partial charge >= 0.3 is 0 Å². The summed E-state index contributed by atoms with van der Waals surface area (Å²) in [5.41, 5.74) is 10.4. The van der Waals surface area contributed by atoms with Gasteiger partial charge in [-0.1, -0.05) is 0 Å². The summed E-state index contributed by atoms with van der Waals surface area (Å²) in [5.74, 6) is -0.398. The Bertz CT molecular complexity index is 145. The largest absolute Gasteiger partial charge is 0.368 e. The van der Waals surface area contributed by atoms with E-state index in [-0.39, 0.29) is 0 Å². The van der Waals surface area contributed by atoms with Crippen molar-refractivity contribution in [1.29, 1.82) is 0 Å². The maximum Gasteiger partial charge on any atom is 0.234 e. The molecule has 64 valence electrons. The Morgan fingerprint density at radius 2 is 2.18 bits per heavy atom. The lowest BCUT2D eigenvalue weighted by Gasteiger charge is -2.31. The maximum absolute atomic E-state index is 10.5. The second-order valence-electron chi connectivity index (χ2n) is 2.99. The van der Waals surface area contributed by atoms with E-state index in [0.29, 0.717) is 6.42 Å². The fourth-order valence-electron chi connectivity index (χ4n) is 1.07. The third kappa shape index (κ3) is 2.48. The number of primary amides is 1. The zero-order valence-corrected chi connectivity index (χ0v) is 6.62. The minimum Gasteiger partial charge on any atom is -0.368 e. The zero-order valence-electron chi connectivity index (χ0n) is 6.62. The fourth-order valence-corrected chi connectivity index (χ4v) is 1.07. The summed E-state index contributed by atoms with van der Waals surface area (Å²) in [5, 5.41) is 0. The number of nitrogens with zero attached hydrogens (tertiary/aromatic N) is 1. The number of amides is 1. The molecule has 0 aromatic carbocycles. The third-order valence-corrected chi connectivity index (χ3v) is 2.07. The molecule has 0 aromatic rings. The topological polar surface area (TPSA) is 72.3 Å². The van der Waals surface area contributed by atoms with Crippen molar-refractivity contribution in [2.45, 2.75) is 18.9 Å². The lowest BCUT2D eigenvalue weighted by atomic mass is 10.1. The van der Waals surface area contributed by atoms with E-state index >= 15 is 0 Å². The molecule has 0 bridgehead atoms. The highest BCUT2D eigenvalue weighted by Gasteiger charge is 2.16. The van der Waals surface area contributed by atoms with Crippen LogP contribution in [0, 0.1) is 0 Å². The standard InChI is InChI=1S/C7H15N3O/c8-6(7(9)11)2-5-10-3-1-4-10/h6H,1-5,8H2,(H2,9,11). The Hall–Kier alpha value is -0.610. The van der Waals surface area contributed by atoms with Crippen LogP contribution in [0.5, 0.6) is 0 Å². The van der Waals surface area contributed by atoms with E-state index in [0.717, 1.165) is 19.6 Å². The summed E-state index contributed by atoms with van der Waals surface area (Å²) < 4.78 is 0. The minimum absolute atomic E-state index is 0.398. The summed E-state index contributed by atoms with van der Waals surface area (Å²) in [7, 11) is 0. The molecule has 0 aliphatic carbocycles. The smallest absolute Gasteiger partial charge is 0.234 e. The number of rotatable bonds is 4. The van der Waals surface area contributed by atoms with E-state index in [1.54, 1.807) is 0 Å². The van der Waals surface area contributed by atoms with Gasteiger partial charge in [-0.3, -0.25) is 4.79 Å². The molecule has 0 radical (unpaired) electrons. The first-order chi connectivity index (χ1) is 5.20. The van der Waals surface area contributed by atoms with E-state index < -0.39 is 11.9 Å². The first-order valence-electron chi connectivity index (χ1n) is 3.97. The van der Waals surface area contributed by atoms with Crippen LogP contribution in [0.4, 0.5) is 0 Å². The zero-order chi connectivity index (χ0) is 8.27. The average molecular weight is 157 g/mol. The Morgan fingerprint density at radius 3 is 2.55 bits per heavy atom. The van der Waals surface area contributed by atoms with Gasteiger partial charge in [0, 0.05) is 6.54 Å². The average Bonchev–Trinajstić information content (AvgIpc) is 1.83. The molecule has 0 saturated carbocycles. The molecule has 1 saturated heterocycles. The molecule has 1 aliphatic rings. The van der Waals surface area contributed by atoms with Crippen molar-refractivity contribution >= 4 is 5.91 Å². The number of carbonyl (C=O) groups excluding carboxylic acids is 1. The van der Waals surface area contributed by atoms with Gasteiger partial charge in [-0.25, -0.2) is 0 Å². The molecule has 11 heavy (non-hydrogen) atoms. The first kappa shape index (κ1) is 8.49. The highest BCUT2D eigenvalue weighted by molar-refractivity contribution is 5.79. The molecular weight excluding hydrogens is 142 g/mol. The Morgan fingerprint density at radius 1 is 1.55 bits per heavy atom. The van der Waals surface area contributed by atoms with Gasteiger partial charge in [-0.2, -0.15) is 0 Å². The normalized spacial score (nSPS) is 20.8. The quantitative estimate of drug-likeness (QED) is 0.544. The van der Waals surface area contributed by atoms with Crippen LogP contribution in [0.3, 0.4) is 0 Å². The second-order valence-corrected chi connectivity index (χ2v) is 2.99. The van der Waals surface area contributed by atoms with Crippen molar-refractivity contribution in [3.63, 3.8) is 0 Å². The van der Waals surface area contributed by atoms with E-state index in [2.05, 4.69) is 4.90 Å². The Labute approximate surface area is 66.5 Å². The van der Waals surface area contributed by atoms with Crippen molar-refractivity contribution in [2.75, 3.05) is 19.6 Å². The van der Waals surface area contributed by atoms with Crippen molar-refractivity contribution < 1.29 is 4.79 Å². The van der Waals surface area contributed by atoms with E-state index in [9.17, 15) is 4.79 Å². The molecular formula is C7H15N3O. The molecule has 4 heteroatoms. The monoisotopic (exact) mass is 157 g/mol. The van der Waals surface area contributed by atoms with Crippen LogP contribution in [-0.2, 0) is 4.79 Å². The number of hydrogen-bond acceptors (Lipinski definition) is 3. The van der Waals surface area contributed by atoms with Gasteiger partial charge in [-0.05, 0) is 25.9 Å². The van der Waals surface area contributed by atoms with Crippen LogP contribution < -0.4 is 11.5 Å². The van der Waals surface area contributed by atoms with Crippen molar-refractivity contribution in [1.82, 2.24) is 4.90 Å². The number of carbonyl (C=O) groups is 1. The molecule has 1 heterocycles. The van der Waals surface area contributed by atoms with Gasteiger partial charge in [0.1, 0.15) is 0 Å². The van der Waals surface area contributed by atoms with Crippen LogP contribution in [0.1, 0.15) is 12.8 Å². The maximum atomic E-state index is 10.5. The Kier molecular flexibility index (Phi) is 2.84. The summed E-state index contributed by atoms with van der Waals surface area (Å²) >= 11 is 0. The molecule has 1 unspecified atom stereocenters. The van der Waals surface area contributed by atoms with Crippen LogP contribution in [0.2, 0.25) is 0 Å². The molecule has 4 nitrogen and oxygen atoms in total. The fraction of sp³-hybridized carbons (Fsp3) is 0.857. The number of hydrogen-bond donors (Lipinski definition) is 2. The Balaban J connectivity index is 2.05. The molecule has 1 fully saturated rings. The summed E-state index contributed by atoms with van der Waals surface area (Å²) in [6, 6.07) is -0.462. The minimum atomic E-state index is -0.462. The van der Waals surface area contributed by atoms with Crippen molar-refractivity contribution in [3.05, 3.63) is 0 Å². The second kappa shape index (κ2) is 3.69.